The first-order chi connectivity index (χ1) is 39.0. The fraction of sp³-hybridized carbons (Fsp3) is 0.740. The summed E-state index contributed by atoms with van der Waals surface area (Å²) in [7, 11) is 0. The smallest absolute Gasteiger partial charge is 0.306 e. The summed E-state index contributed by atoms with van der Waals surface area (Å²) >= 11 is 0. The fourth-order valence-corrected chi connectivity index (χ4v) is 9.60. The van der Waals surface area contributed by atoms with Crippen LogP contribution in [0.4, 0.5) is 0 Å². The SMILES string of the molecule is CC/C=C\C/C=C\C/C=C\C/C=C\CCCCCCCCCCCCCCCCCCCCC(=O)OCC(COC(=O)CCCCCCCCCCC)OC(=O)CCCCCCCCCC/C=C\C/C=C\C/C=C\C/C=C\CC. The Balaban J connectivity index is 4.13. The van der Waals surface area contributed by atoms with E-state index in [-0.39, 0.29) is 31.1 Å². The second-order valence-electron chi connectivity index (χ2n) is 22.3. The molecule has 0 N–H and O–H groups in total. The van der Waals surface area contributed by atoms with E-state index in [1.807, 2.05) is 0 Å². The van der Waals surface area contributed by atoms with E-state index in [1.165, 1.54) is 173 Å². The van der Waals surface area contributed by atoms with Crippen LogP contribution in [-0.4, -0.2) is 37.2 Å². The van der Waals surface area contributed by atoms with Gasteiger partial charge < -0.3 is 14.2 Å². The van der Waals surface area contributed by atoms with Crippen molar-refractivity contribution in [3.8, 4) is 0 Å². The van der Waals surface area contributed by atoms with Crippen LogP contribution in [0.2, 0.25) is 0 Å². The van der Waals surface area contributed by atoms with E-state index < -0.39 is 6.10 Å². The number of hydrogen-bond donors (Lipinski definition) is 0. The van der Waals surface area contributed by atoms with Crippen molar-refractivity contribution in [2.75, 3.05) is 13.2 Å². The summed E-state index contributed by atoms with van der Waals surface area (Å²) in [5, 5.41) is 0. The van der Waals surface area contributed by atoms with E-state index in [1.54, 1.807) is 0 Å². The number of carbonyl (C=O) groups excluding carboxylic acids is 3. The van der Waals surface area contributed by atoms with Gasteiger partial charge in [0.25, 0.3) is 0 Å². The molecule has 0 spiro atoms. The molecule has 0 aromatic carbocycles. The number of unbranched alkanes of at least 4 members (excludes halogenated alkanes) is 34. The first kappa shape index (κ1) is 75.3. The molecule has 1 unspecified atom stereocenters. The van der Waals surface area contributed by atoms with Crippen LogP contribution in [0.25, 0.3) is 0 Å². The minimum Gasteiger partial charge on any atom is -0.462 e. The van der Waals surface area contributed by atoms with E-state index in [0.29, 0.717) is 19.3 Å². The number of carbonyl (C=O) groups is 3. The third-order valence-electron chi connectivity index (χ3n) is 14.6. The fourth-order valence-electron chi connectivity index (χ4n) is 9.60. The molecule has 79 heavy (non-hydrogen) atoms. The van der Waals surface area contributed by atoms with Crippen LogP contribution >= 0.6 is 0 Å². The Morgan fingerprint density at radius 1 is 0.266 bits per heavy atom. The zero-order valence-electron chi connectivity index (χ0n) is 52.1. The van der Waals surface area contributed by atoms with Crippen LogP contribution in [0, 0.1) is 0 Å². The zero-order chi connectivity index (χ0) is 57.1. The van der Waals surface area contributed by atoms with Gasteiger partial charge in [0.1, 0.15) is 13.2 Å². The van der Waals surface area contributed by atoms with Crippen molar-refractivity contribution in [2.45, 2.75) is 335 Å². The summed E-state index contributed by atoms with van der Waals surface area (Å²) in [4.78, 5) is 38.2. The van der Waals surface area contributed by atoms with E-state index >= 15 is 0 Å². The van der Waals surface area contributed by atoms with Gasteiger partial charge in [-0.15, -0.1) is 0 Å². The molecule has 0 aromatic heterocycles. The molecular formula is C73H126O6. The normalized spacial score (nSPS) is 12.7. The minimum absolute atomic E-state index is 0.0765. The van der Waals surface area contributed by atoms with Crippen molar-refractivity contribution in [3.05, 3.63) is 97.2 Å². The molecule has 0 fully saturated rings. The molecule has 0 aliphatic carbocycles. The topological polar surface area (TPSA) is 78.9 Å². The van der Waals surface area contributed by atoms with Gasteiger partial charge in [-0.1, -0.05) is 311 Å². The third-order valence-corrected chi connectivity index (χ3v) is 14.6. The van der Waals surface area contributed by atoms with Crippen molar-refractivity contribution in [1.82, 2.24) is 0 Å². The van der Waals surface area contributed by atoms with Gasteiger partial charge in [-0.05, 0) is 96.3 Å². The molecule has 0 bridgehead atoms. The maximum absolute atomic E-state index is 12.9. The highest BCUT2D eigenvalue weighted by Gasteiger charge is 2.19. The summed E-state index contributed by atoms with van der Waals surface area (Å²) in [6, 6.07) is 0. The monoisotopic (exact) mass is 1100 g/mol. The zero-order valence-corrected chi connectivity index (χ0v) is 52.1. The summed E-state index contributed by atoms with van der Waals surface area (Å²) in [5.74, 6) is -0.873. The quantitative estimate of drug-likeness (QED) is 0.0261. The summed E-state index contributed by atoms with van der Waals surface area (Å²) in [5.41, 5.74) is 0. The van der Waals surface area contributed by atoms with Gasteiger partial charge in [-0.25, -0.2) is 0 Å². The molecule has 0 saturated heterocycles. The Kier molecular flexibility index (Phi) is 63.7. The maximum atomic E-state index is 12.9. The summed E-state index contributed by atoms with van der Waals surface area (Å²) in [6.45, 7) is 6.42. The first-order valence-corrected chi connectivity index (χ1v) is 33.7. The average Bonchev–Trinajstić information content (AvgIpc) is 3.45. The Hall–Kier alpha value is -3.67. The lowest BCUT2D eigenvalue weighted by Crippen LogP contribution is -2.30. The molecule has 0 aliphatic rings. The number of hydrogen-bond acceptors (Lipinski definition) is 6. The minimum atomic E-state index is -0.779. The Bertz CT molecular complexity index is 1540. The van der Waals surface area contributed by atoms with Crippen LogP contribution in [0.15, 0.2) is 97.2 Å². The van der Waals surface area contributed by atoms with Crippen molar-refractivity contribution in [1.29, 1.82) is 0 Å². The number of esters is 3. The van der Waals surface area contributed by atoms with E-state index in [4.69, 9.17) is 14.2 Å². The lowest BCUT2D eigenvalue weighted by atomic mass is 10.0. The Morgan fingerprint density at radius 2 is 0.494 bits per heavy atom. The highest BCUT2D eigenvalue weighted by Crippen LogP contribution is 2.17. The lowest BCUT2D eigenvalue weighted by molar-refractivity contribution is -0.167. The van der Waals surface area contributed by atoms with Crippen molar-refractivity contribution in [2.24, 2.45) is 0 Å². The third kappa shape index (κ3) is 65.0. The van der Waals surface area contributed by atoms with Crippen LogP contribution in [-0.2, 0) is 28.6 Å². The standard InChI is InChI=1S/C73H126O6/c1-4-7-10-13-16-19-21-23-25-27-29-31-32-33-34-35-36-37-38-39-40-42-43-45-47-49-51-54-57-60-63-66-72(75)78-69-70(68-77-71(74)65-62-59-56-53-18-15-12-9-6-3)79-73(76)67-64-61-58-55-52-50-48-46-44-41-30-28-26-24-22-20-17-14-11-8-5-2/h7-8,10-11,16-17,19-20,23-26,29-31,41,70H,4-6,9,12-15,18,21-22,27-28,32-40,42-69H2,1-3H3/b10-7-,11-8-,19-16-,20-17-,25-23-,26-24-,31-29-,41-30-. The highest BCUT2D eigenvalue weighted by molar-refractivity contribution is 5.71. The van der Waals surface area contributed by atoms with Crippen LogP contribution in [0.1, 0.15) is 329 Å². The van der Waals surface area contributed by atoms with Gasteiger partial charge >= 0.3 is 17.9 Å². The predicted molar refractivity (Wildman–Crippen MR) is 344 cm³/mol. The molecular weight excluding hydrogens is 973 g/mol. The van der Waals surface area contributed by atoms with Crippen molar-refractivity contribution >= 4 is 17.9 Å². The molecule has 6 heteroatoms. The molecule has 6 nitrogen and oxygen atoms in total. The van der Waals surface area contributed by atoms with Crippen LogP contribution in [0.5, 0.6) is 0 Å². The van der Waals surface area contributed by atoms with Gasteiger partial charge in [0.05, 0.1) is 0 Å². The molecule has 0 radical (unpaired) electrons. The Labute approximate surface area is 489 Å². The highest BCUT2D eigenvalue weighted by atomic mass is 16.6. The van der Waals surface area contributed by atoms with Gasteiger partial charge in [-0.3, -0.25) is 14.4 Å². The van der Waals surface area contributed by atoms with Gasteiger partial charge in [0.15, 0.2) is 6.10 Å². The Morgan fingerprint density at radius 3 is 0.772 bits per heavy atom. The molecule has 0 aromatic rings. The second kappa shape index (κ2) is 66.8. The predicted octanol–water partition coefficient (Wildman–Crippen LogP) is 23.2. The average molecular weight is 1100 g/mol. The first-order valence-electron chi connectivity index (χ1n) is 33.7. The number of rotatable bonds is 61. The summed E-state index contributed by atoms with van der Waals surface area (Å²) < 4.78 is 16.9. The number of allylic oxidation sites excluding steroid dienone is 16. The van der Waals surface area contributed by atoms with Gasteiger partial charge in [0.2, 0.25) is 0 Å². The molecule has 0 amide bonds. The molecule has 1 atom stereocenters. The van der Waals surface area contributed by atoms with E-state index in [9.17, 15) is 14.4 Å². The van der Waals surface area contributed by atoms with Gasteiger partial charge in [-0.2, -0.15) is 0 Å². The largest absolute Gasteiger partial charge is 0.462 e. The number of ether oxygens (including phenoxy) is 3. The van der Waals surface area contributed by atoms with Crippen LogP contribution in [0.3, 0.4) is 0 Å². The van der Waals surface area contributed by atoms with Crippen molar-refractivity contribution in [3.63, 3.8) is 0 Å². The molecule has 0 rings (SSSR count). The van der Waals surface area contributed by atoms with E-state index in [0.717, 1.165) is 116 Å². The molecule has 0 saturated carbocycles. The van der Waals surface area contributed by atoms with Crippen molar-refractivity contribution < 1.29 is 28.6 Å². The lowest BCUT2D eigenvalue weighted by Gasteiger charge is -2.18. The second-order valence-corrected chi connectivity index (χ2v) is 22.3. The molecule has 0 heterocycles. The van der Waals surface area contributed by atoms with E-state index in [2.05, 4.69) is 118 Å². The molecule has 454 valence electrons. The molecule has 0 aliphatic heterocycles. The van der Waals surface area contributed by atoms with Crippen LogP contribution < -0.4 is 0 Å². The maximum Gasteiger partial charge on any atom is 0.306 e. The summed E-state index contributed by atoms with van der Waals surface area (Å²) in [6.07, 6.45) is 90.1. The van der Waals surface area contributed by atoms with Gasteiger partial charge in [0, 0.05) is 19.3 Å².